The molecular formula is C13H17BrN2O2S3. The molecule has 0 saturated carbocycles. The fourth-order valence-electron chi connectivity index (χ4n) is 1.97. The Hall–Kier alpha value is -0.250. The summed E-state index contributed by atoms with van der Waals surface area (Å²) in [5.74, 6) is 0. The molecule has 2 aromatic heterocycles. The van der Waals surface area contributed by atoms with Crippen LogP contribution in [0.1, 0.15) is 17.4 Å². The first-order valence-corrected chi connectivity index (χ1v) is 10.4. The maximum atomic E-state index is 12.5. The van der Waals surface area contributed by atoms with E-state index in [1.54, 1.807) is 17.4 Å². The number of rotatable bonds is 7. The number of halogens is 1. The maximum absolute atomic E-state index is 12.5. The minimum atomic E-state index is -3.50. The van der Waals surface area contributed by atoms with E-state index in [2.05, 4.69) is 26.0 Å². The molecule has 4 nitrogen and oxygen atoms in total. The summed E-state index contributed by atoms with van der Waals surface area (Å²) in [6, 6.07) is 3.58. The van der Waals surface area contributed by atoms with Crippen molar-refractivity contribution in [1.82, 2.24) is 10.0 Å². The van der Waals surface area contributed by atoms with Gasteiger partial charge in [-0.05, 0) is 64.8 Å². The van der Waals surface area contributed by atoms with Crippen molar-refractivity contribution < 1.29 is 8.42 Å². The zero-order valence-corrected chi connectivity index (χ0v) is 15.8. The number of thiophene rings is 2. The molecule has 0 amide bonds. The first kappa shape index (κ1) is 17.1. The Morgan fingerprint density at radius 2 is 2.19 bits per heavy atom. The van der Waals surface area contributed by atoms with Gasteiger partial charge in [0.25, 0.3) is 0 Å². The molecule has 0 bridgehead atoms. The van der Waals surface area contributed by atoms with Gasteiger partial charge in [0.15, 0.2) is 0 Å². The number of nitrogens with one attached hydrogen (secondary N) is 2. The van der Waals surface area contributed by atoms with E-state index in [0.29, 0.717) is 21.6 Å². The van der Waals surface area contributed by atoms with Gasteiger partial charge in [-0.15, -0.1) is 11.3 Å². The summed E-state index contributed by atoms with van der Waals surface area (Å²) in [4.78, 5) is 1.30. The lowest BCUT2D eigenvalue weighted by atomic mass is 10.1. The Morgan fingerprint density at radius 1 is 1.43 bits per heavy atom. The third-order valence-electron chi connectivity index (χ3n) is 2.83. The molecule has 0 aromatic carbocycles. The lowest BCUT2D eigenvalue weighted by molar-refractivity contribution is 0.560. The van der Waals surface area contributed by atoms with Crippen LogP contribution in [0.5, 0.6) is 0 Å². The van der Waals surface area contributed by atoms with Crippen molar-refractivity contribution in [1.29, 1.82) is 0 Å². The Labute approximate surface area is 141 Å². The monoisotopic (exact) mass is 408 g/mol. The van der Waals surface area contributed by atoms with Gasteiger partial charge in [0.2, 0.25) is 10.0 Å². The highest BCUT2D eigenvalue weighted by Gasteiger charge is 2.23. The molecular weight excluding hydrogens is 392 g/mol. The van der Waals surface area contributed by atoms with E-state index in [1.807, 2.05) is 30.8 Å². The summed E-state index contributed by atoms with van der Waals surface area (Å²) >= 11 is 6.40. The molecule has 0 aliphatic rings. The molecule has 1 unspecified atom stereocenters. The van der Waals surface area contributed by atoms with Gasteiger partial charge >= 0.3 is 0 Å². The molecule has 2 rings (SSSR count). The van der Waals surface area contributed by atoms with Crippen LogP contribution in [0.15, 0.2) is 31.6 Å². The van der Waals surface area contributed by atoms with Gasteiger partial charge in [-0.3, -0.25) is 0 Å². The van der Waals surface area contributed by atoms with E-state index in [0.717, 1.165) is 10.4 Å². The first-order chi connectivity index (χ1) is 9.92. The van der Waals surface area contributed by atoms with Crippen LogP contribution in [0.4, 0.5) is 0 Å². The fourth-order valence-corrected chi connectivity index (χ4v) is 6.59. The summed E-state index contributed by atoms with van der Waals surface area (Å²) in [7, 11) is -1.67. The second-order valence-electron chi connectivity index (χ2n) is 4.74. The minimum absolute atomic E-state index is 0.149. The molecule has 0 aliphatic heterocycles. The van der Waals surface area contributed by atoms with E-state index in [-0.39, 0.29) is 6.04 Å². The molecule has 116 valence electrons. The average Bonchev–Trinajstić information content (AvgIpc) is 2.99. The first-order valence-electron chi connectivity index (χ1n) is 6.38. The van der Waals surface area contributed by atoms with Crippen LogP contribution in [0.2, 0.25) is 0 Å². The van der Waals surface area contributed by atoms with Crippen molar-refractivity contribution in [3.63, 3.8) is 0 Å². The van der Waals surface area contributed by atoms with Gasteiger partial charge in [-0.1, -0.05) is 0 Å². The normalized spacial score (nSPS) is 13.5. The molecule has 1 atom stereocenters. The number of sulfonamides is 1. The van der Waals surface area contributed by atoms with Crippen molar-refractivity contribution in [3.05, 3.63) is 37.1 Å². The molecule has 8 heteroatoms. The van der Waals surface area contributed by atoms with Gasteiger partial charge in [0, 0.05) is 17.5 Å². The van der Waals surface area contributed by atoms with Crippen LogP contribution in [0.3, 0.4) is 0 Å². The van der Waals surface area contributed by atoms with Crippen molar-refractivity contribution >= 4 is 48.6 Å². The Bertz CT molecular complexity index is 680. The molecule has 2 heterocycles. The molecule has 21 heavy (non-hydrogen) atoms. The van der Waals surface area contributed by atoms with Crippen molar-refractivity contribution in [2.24, 2.45) is 0 Å². The molecule has 2 N–H and O–H groups in total. The SMILES string of the molecule is CNCc1cc(S(=O)(=O)NC(C)Cc2ccsc2)c(Br)s1. The maximum Gasteiger partial charge on any atom is 0.242 e. The highest BCUT2D eigenvalue weighted by molar-refractivity contribution is 9.11. The summed E-state index contributed by atoms with van der Waals surface area (Å²) < 4.78 is 28.3. The van der Waals surface area contributed by atoms with Gasteiger partial charge in [-0.25, -0.2) is 13.1 Å². The lowest BCUT2D eigenvalue weighted by Crippen LogP contribution is -2.34. The Balaban J connectivity index is 2.10. The third kappa shape index (κ3) is 4.61. The minimum Gasteiger partial charge on any atom is -0.315 e. The smallest absolute Gasteiger partial charge is 0.242 e. The van der Waals surface area contributed by atoms with Gasteiger partial charge in [0.05, 0.1) is 3.79 Å². The third-order valence-corrected chi connectivity index (χ3v) is 7.40. The predicted octanol–water partition coefficient (Wildman–Crippen LogP) is 3.20. The van der Waals surface area contributed by atoms with Crippen LogP contribution < -0.4 is 10.0 Å². The summed E-state index contributed by atoms with van der Waals surface area (Å²) in [6.07, 6.45) is 0.688. The van der Waals surface area contributed by atoms with Gasteiger partial charge in [-0.2, -0.15) is 11.3 Å². The Morgan fingerprint density at radius 3 is 2.81 bits per heavy atom. The molecule has 0 radical (unpaired) electrons. The highest BCUT2D eigenvalue weighted by atomic mass is 79.9. The van der Waals surface area contributed by atoms with Crippen LogP contribution in [-0.2, 0) is 23.0 Å². The molecule has 2 aromatic rings. The second kappa shape index (κ2) is 7.34. The summed E-state index contributed by atoms with van der Waals surface area (Å²) in [6.45, 7) is 2.53. The molecule has 0 aliphatic carbocycles. The fraction of sp³-hybridized carbons (Fsp3) is 0.385. The zero-order chi connectivity index (χ0) is 15.5. The van der Waals surface area contributed by atoms with Crippen molar-refractivity contribution in [2.45, 2.75) is 30.8 Å². The van der Waals surface area contributed by atoms with Gasteiger partial charge < -0.3 is 5.32 Å². The van der Waals surface area contributed by atoms with Crippen LogP contribution >= 0.6 is 38.6 Å². The average molecular weight is 409 g/mol. The van der Waals surface area contributed by atoms with E-state index in [1.165, 1.54) is 11.3 Å². The molecule has 0 spiro atoms. The largest absolute Gasteiger partial charge is 0.315 e. The van der Waals surface area contributed by atoms with Crippen molar-refractivity contribution in [3.8, 4) is 0 Å². The van der Waals surface area contributed by atoms with Crippen LogP contribution in [-0.4, -0.2) is 21.5 Å². The van der Waals surface area contributed by atoms with Crippen molar-refractivity contribution in [2.75, 3.05) is 7.05 Å². The summed E-state index contributed by atoms with van der Waals surface area (Å²) in [5, 5.41) is 7.06. The lowest BCUT2D eigenvalue weighted by Gasteiger charge is -2.13. The number of hydrogen-bond acceptors (Lipinski definition) is 5. The van der Waals surface area contributed by atoms with Gasteiger partial charge in [0.1, 0.15) is 4.90 Å². The topological polar surface area (TPSA) is 58.2 Å². The van der Waals surface area contributed by atoms with E-state index < -0.39 is 10.0 Å². The van der Waals surface area contributed by atoms with E-state index in [4.69, 9.17) is 0 Å². The van der Waals surface area contributed by atoms with E-state index >= 15 is 0 Å². The zero-order valence-electron chi connectivity index (χ0n) is 11.7. The Kier molecular flexibility index (Phi) is 5.98. The summed E-state index contributed by atoms with van der Waals surface area (Å²) in [5.41, 5.74) is 1.15. The molecule has 0 saturated heterocycles. The second-order valence-corrected chi connectivity index (χ2v) is 9.66. The predicted molar refractivity (Wildman–Crippen MR) is 92.6 cm³/mol. The highest BCUT2D eigenvalue weighted by Crippen LogP contribution is 2.31. The number of hydrogen-bond donors (Lipinski definition) is 2. The van der Waals surface area contributed by atoms with Crippen LogP contribution in [0, 0.1) is 0 Å². The van der Waals surface area contributed by atoms with Crippen LogP contribution in [0.25, 0.3) is 0 Å². The molecule has 0 fully saturated rings. The van der Waals surface area contributed by atoms with E-state index in [9.17, 15) is 8.42 Å². The quantitative estimate of drug-likeness (QED) is 0.739. The standard InChI is InChI=1S/C13H17BrN2O2S3/c1-9(5-10-3-4-19-8-10)16-21(17,18)12-6-11(7-15-2)20-13(12)14/h3-4,6,8-9,15-16H,5,7H2,1-2H3.